The fourth-order valence-electron chi connectivity index (χ4n) is 2.92. The summed E-state index contributed by atoms with van der Waals surface area (Å²) in [4.78, 5) is 2.94. The molecule has 1 N–H and O–H groups in total. The summed E-state index contributed by atoms with van der Waals surface area (Å²) in [5, 5.41) is 3.67. The third-order valence-electron chi connectivity index (χ3n) is 4.00. The summed E-state index contributed by atoms with van der Waals surface area (Å²) in [5.74, 6) is 0. The number of hydrogen-bond acceptors (Lipinski definition) is 2. The summed E-state index contributed by atoms with van der Waals surface area (Å²) >= 11 is 1.94. The van der Waals surface area contributed by atoms with Gasteiger partial charge in [0.25, 0.3) is 0 Å². The summed E-state index contributed by atoms with van der Waals surface area (Å²) in [5.41, 5.74) is 1.54. The molecule has 0 aromatic carbocycles. The van der Waals surface area contributed by atoms with Gasteiger partial charge in [-0.15, -0.1) is 11.3 Å². The molecule has 1 heterocycles. The minimum absolute atomic E-state index is 0.570. The number of aryl methyl sites for hydroxylation is 2. The van der Waals surface area contributed by atoms with Crippen LogP contribution in [0.3, 0.4) is 0 Å². The maximum Gasteiger partial charge on any atom is 0.0331 e. The van der Waals surface area contributed by atoms with E-state index in [0.29, 0.717) is 6.04 Å². The van der Waals surface area contributed by atoms with Crippen molar-refractivity contribution in [3.05, 3.63) is 21.4 Å². The molecule has 0 radical (unpaired) electrons. The second-order valence-corrected chi connectivity index (χ2v) is 7.35. The van der Waals surface area contributed by atoms with E-state index < -0.39 is 0 Å². The average molecular weight is 296 g/mol. The monoisotopic (exact) mass is 295 g/mol. The number of unbranched alkanes of at least 4 members (excludes halogenated alkanes) is 6. The quantitative estimate of drug-likeness (QED) is 0.482. The lowest BCUT2D eigenvalue weighted by Crippen LogP contribution is -2.21. The van der Waals surface area contributed by atoms with Crippen molar-refractivity contribution in [2.45, 2.75) is 85.1 Å². The third-order valence-corrected chi connectivity index (χ3v) is 4.98. The van der Waals surface area contributed by atoms with E-state index in [1.807, 2.05) is 11.3 Å². The Morgan fingerprint density at radius 2 is 1.65 bits per heavy atom. The molecule has 0 saturated heterocycles. The van der Waals surface area contributed by atoms with Crippen molar-refractivity contribution >= 4 is 11.3 Å². The van der Waals surface area contributed by atoms with Gasteiger partial charge in [0.2, 0.25) is 0 Å². The minimum atomic E-state index is 0.570. The Morgan fingerprint density at radius 1 is 1.00 bits per heavy atom. The first-order valence-electron chi connectivity index (χ1n) is 8.49. The van der Waals surface area contributed by atoms with Gasteiger partial charge in [0.15, 0.2) is 0 Å². The van der Waals surface area contributed by atoms with E-state index in [1.165, 1.54) is 61.1 Å². The van der Waals surface area contributed by atoms with Crippen molar-refractivity contribution < 1.29 is 0 Å². The Hall–Kier alpha value is -0.340. The van der Waals surface area contributed by atoms with Crippen molar-refractivity contribution in [2.75, 3.05) is 6.54 Å². The molecule has 0 aliphatic rings. The molecular formula is C18H33NS. The van der Waals surface area contributed by atoms with Gasteiger partial charge in [-0.1, -0.05) is 58.8 Å². The van der Waals surface area contributed by atoms with Crippen LogP contribution in [-0.4, -0.2) is 6.54 Å². The predicted octanol–water partition coefficient (Wildman–Crippen LogP) is 6.16. The van der Waals surface area contributed by atoms with Gasteiger partial charge < -0.3 is 5.32 Å². The van der Waals surface area contributed by atoms with E-state index in [2.05, 4.69) is 39.1 Å². The smallest absolute Gasteiger partial charge is 0.0331 e. The summed E-state index contributed by atoms with van der Waals surface area (Å²) in [6.07, 6.45) is 11.1. The van der Waals surface area contributed by atoms with E-state index in [1.54, 1.807) is 5.56 Å². The molecule has 20 heavy (non-hydrogen) atoms. The molecule has 1 unspecified atom stereocenters. The van der Waals surface area contributed by atoms with Crippen LogP contribution in [0.2, 0.25) is 0 Å². The van der Waals surface area contributed by atoms with Gasteiger partial charge in [-0.05, 0) is 38.4 Å². The molecule has 0 spiro atoms. The summed E-state index contributed by atoms with van der Waals surface area (Å²) < 4.78 is 0. The van der Waals surface area contributed by atoms with Crippen molar-refractivity contribution in [2.24, 2.45) is 0 Å². The molecule has 0 bridgehead atoms. The molecule has 2 heteroatoms. The molecule has 1 aromatic rings. The van der Waals surface area contributed by atoms with Crippen molar-refractivity contribution in [3.63, 3.8) is 0 Å². The molecule has 1 aromatic heterocycles. The molecule has 116 valence electrons. The van der Waals surface area contributed by atoms with E-state index in [0.717, 1.165) is 6.54 Å². The van der Waals surface area contributed by atoms with Crippen LogP contribution in [0.25, 0.3) is 0 Å². The maximum absolute atomic E-state index is 3.67. The Kier molecular flexibility index (Phi) is 9.21. The Balaban J connectivity index is 2.31. The lowest BCUT2D eigenvalue weighted by atomic mass is 9.99. The number of rotatable bonds is 11. The highest BCUT2D eigenvalue weighted by atomic mass is 32.1. The van der Waals surface area contributed by atoms with E-state index >= 15 is 0 Å². The van der Waals surface area contributed by atoms with Gasteiger partial charge >= 0.3 is 0 Å². The first kappa shape index (κ1) is 17.7. The van der Waals surface area contributed by atoms with Crippen LogP contribution in [0.1, 0.15) is 86.6 Å². The van der Waals surface area contributed by atoms with Gasteiger partial charge in [-0.3, -0.25) is 0 Å². The summed E-state index contributed by atoms with van der Waals surface area (Å²) in [7, 11) is 0. The van der Waals surface area contributed by atoms with Gasteiger partial charge in [0, 0.05) is 15.8 Å². The van der Waals surface area contributed by atoms with Crippen molar-refractivity contribution in [1.82, 2.24) is 5.32 Å². The molecule has 1 atom stereocenters. The van der Waals surface area contributed by atoms with E-state index in [9.17, 15) is 0 Å². The highest BCUT2D eigenvalue weighted by Crippen LogP contribution is 2.29. The Morgan fingerprint density at radius 3 is 2.20 bits per heavy atom. The van der Waals surface area contributed by atoms with Crippen LogP contribution in [0.4, 0.5) is 0 Å². The minimum Gasteiger partial charge on any atom is -0.310 e. The molecular weight excluding hydrogens is 262 g/mol. The molecule has 0 fully saturated rings. The highest BCUT2D eigenvalue weighted by molar-refractivity contribution is 7.12. The van der Waals surface area contributed by atoms with Crippen molar-refractivity contribution in [1.29, 1.82) is 0 Å². The molecule has 0 aliphatic heterocycles. The molecule has 1 nitrogen and oxygen atoms in total. The van der Waals surface area contributed by atoms with Gasteiger partial charge in [0.05, 0.1) is 0 Å². The van der Waals surface area contributed by atoms with Crippen LogP contribution in [0.15, 0.2) is 6.07 Å². The van der Waals surface area contributed by atoms with Crippen LogP contribution < -0.4 is 5.32 Å². The molecule has 0 aliphatic carbocycles. The van der Waals surface area contributed by atoms with Gasteiger partial charge in [0.1, 0.15) is 0 Å². The molecule has 0 amide bonds. The lowest BCUT2D eigenvalue weighted by Gasteiger charge is -2.18. The number of hydrogen-bond donors (Lipinski definition) is 1. The van der Waals surface area contributed by atoms with Crippen LogP contribution in [0.5, 0.6) is 0 Å². The largest absolute Gasteiger partial charge is 0.310 e. The SMILES string of the molecule is CCCCCCCCCC(NCC)c1cc(C)sc1C. The normalized spacial score (nSPS) is 12.8. The second kappa shape index (κ2) is 10.4. The van der Waals surface area contributed by atoms with Crippen molar-refractivity contribution in [3.8, 4) is 0 Å². The Labute approximate surface area is 130 Å². The zero-order chi connectivity index (χ0) is 14.8. The summed E-state index contributed by atoms with van der Waals surface area (Å²) in [6, 6.07) is 2.95. The fraction of sp³-hybridized carbons (Fsp3) is 0.778. The fourth-order valence-corrected chi connectivity index (χ4v) is 3.90. The lowest BCUT2D eigenvalue weighted by molar-refractivity contribution is 0.475. The van der Waals surface area contributed by atoms with Crippen LogP contribution in [-0.2, 0) is 0 Å². The van der Waals surface area contributed by atoms with E-state index in [-0.39, 0.29) is 0 Å². The zero-order valence-electron chi connectivity index (χ0n) is 13.9. The zero-order valence-corrected chi connectivity index (χ0v) is 14.7. The Bertz CT molecular complexity index is 356. The predicted molar refractivity (Wildman–Crippen MR) is 92.8 cm³/mol. The maximum atomic E-state index is 3.67. The first-order valence-corrected chi connectivity index (χ1v) is 9.31. The first-order chi connectivity index (χ1) is 9.69. The average Bonchev–Trinajstić information content (AvgIpc) is 2.75. The molecule has 1 rings (SSSR count). The van der Waals surface area contributed by atoms with Gasteiger partial charge in [-0.2, -0.15) is 0 Å². The molecule has 0 saturated carbocycles. The third kappa shape index (κ3) is 6.41. The highest BCUT2D eigenvalue weighted by Gasteiger charge is 2.14. The standard InChI is InChI=1S/C18H33NS/c1-5-7-8-9-10-11-12-13-18(19-6-2)17-14-15(3)20-16(17)4/h14,18-19H,5-13H2,1-4H3. The second-order valence-electron chi connectivity index (χ2n) is 5.89. The van der Waals surface area contributed by atoms with Crippen LogP contribution >= 0.6 is 11.3 Å². The topological polar surface area (TPSA) is 12.0 Å². The van der Waals surface area contributed by atoms with E-state index in [4.69, 9.17) is 0 Å². The van der Waals surface area contributed by atoms with Gasteiger partial charge in [-0.25, -0.2) is 0 Å². The summed E-state index contributed by atoms with van der Waals surface area (Å²) in [6.45, 7) is 10.0. The van der Waals surface area contributed by atoms with Crippen LogP contribution in [0, 0.1) is 13.8 Å². The number of nitrogens with one attached hydrogen (secondary N) is 1. The number of thiophene rings is 1.